The van der Waals surface area contributed by atoms with Crippen molar-refractivity contribution >= 4 is 15.9 Å². The number of halogens is 2. The van der Waals surface area contributed by atoms with Gasteiger partial charge in [0, 0.05) is 4.47 Å². The number of aliphatic hydroxyl groups excluding tert-OH is 1. The first-order valence-corrected chi connectivity index (χ1v) is 7.64. The van der Waals surface area contributed by atoms with Crippen molar-refractivity contribution in [2.75, 3.05) is 0 Å². The molecule has 0 radical (unpaired) electrons. The van der Waals surface area contributed by atoms with E-state index in [1.165, 1.54) is 11.6 Å². The molecule has 0 saturated carbocycles. The highest BCUT2D eigenvalue weighted by atomic mass is 79.9. The molecule has 0 aromatic heterocycles. The molecule has 3 rings (SSSR count). The van der Waals surface area contributed by atoms with Crippen molar-refractivity contribution in [2.24, 2.45) is 5.92 Å². The minimum absolute atomic E-state index is 0.0839. The van der Waals surface area contributed by atoms with E-state index in [4.69, 9.17) is 0 Å². The van der Waals surface area contributed by atoms with Gasteiger partial charge in [-0.1, -0.05) is 46.3 Å². The van der Waals surface area contributed by atoms with Crippen LogP contribution in [0.1, 0.15) is 29.2 Å². The molecule has 2 aromatic rings. The molecular weight excluding hydrogens is 319 g/mol. The quantitative estimate of drug-likeness (QED) is 0.861. The van der Waals surface area contributed by atoms with Gasteiger partial charge in [0.15, 0.2) is 0 Å². The molecule has 0 bridgehead atoms. The molecule has 1 nitrogen and oxygen atoms in total. The topological polar surface area (TPSA) is 20.2 Å². The minimum atomic E-state index is -0.497. The monoisotopic (exact) mass is 334 g/mol. The van der Waals surface area contributed by atoms with Gasteiger partial charge in [-0.3, -0.25) is 0 Å². The fraction of sp³-hybridized carbons (Fsp3) is 0.294. The lowest BCUT2D eigenvalue weighted by atomic mass is 9.78. The molecule has 1 aliphatic carbocycles. The molecule has 104 valence electrons. The van der Waals surface area contributed by atoms with E-state index in [1.54, 1.807) is 6.07 Å². The molecule has 20 heavy (non-hydrogen) atoms. The van der Waals surface area contributed by atoms with Crippen molar-refractivity contribution in [2.45, 2.75) is 25.4 Å². The summed E-state index contributed by atoms with van der Waals surface area (Å²) >= 11 is 3.27. The smallest absolute Gasteiger partial charge is 0.127 e. The van der Waals surface area contributed by atoms with Crippen LogP contribution in [0.2, 0.25) is 0 Å². The average molecular weight is 335 g/mol. The highest BCUT2D eigenvalue weighted by Crippen LogP contribution is 2.36. The van der Waals surface area contributed by atoms with E-state index < -0.39 is 6.10 Å². The molecule has 2 aromatic carbocycles. The van der Waals surface area contributed by atoms with Crippen molar-refractivity contribution in [3.05, 3.63) is 69.4 Å². The largest absolute Gasteiger partial charge is 0.388 e. The van der Waals surface area contributed by atoms with Gasteiger partial charge in [-0.15, -0.1) is 0 Å². The first kappa shape index (κ1) is 13.8. The van der Waals surface area contributed by atoms with Crippen molar-refractivity contribution in [1.82, 2.24) is 0 Å². The number of benzene rings is 2. The zero-order valence-corrected chi connectivity index (χ0v) is 12.6. The Hall–Kier alpha value is -1.19. The van der Waals surface area contributed by atoms with Crippen molar-refractivity contribution in [3.8, 4) is 0 Å². The number of aliphatic hydroxyl groups is 1. The van der Waals surface area contributed by atoms with Gasteiger partial charge >= 0.3 is 0 Å². The summed E-state index contributed by atoms with van der Waals surface area (Å²) in [6, 6.07) is 13.1. The Morgan fingerprint density at radius 2 is 2.00 bits per heavy atom. The third-order valence-electron chi connectivity index (χ3n) is 4.10. The van der Waals surface area contributed by atoms with Gasteiger partial charge < -0.3 is 5.11 Å². The number of rotatable bonds is 2. The van der Waals surface area contributed by atoms with Crippen molar-refractivity contribution < 1.29 is 9.50 Å². The molecule has 2 atom stereocenters. The summed E-state index contributed by atoms with van der Waals surface area (Å²) in [7, 11) is 0. The summed E-state index contributed by atoms with van der Waals surface area (Å²) < 4.78 is 14.7. The maximum Gasteiger partial charge on any atom is 0.127 e. The summed E-state index contributed by atoms with van der Waals surface area (Å²) in [6.45, 7) is 0. The lowest BCUT2D eigenvalue weighted by Crippen LogP contribution is -2.22. The third-order valence-corrected chi connectivity index (χ3v) is 4.60. The van der Waals surface area contributed by atoms with E-state index in [0.29, 0.717) is 12.0 Å². The van der Waals surface area contributed by atoms with E-state index in [9.17, 15) is 9.50 Å². The normalized spacial score (nSPS) is 21.6. The van der Waals surface area contributed by atoms with Gasteiger partial charge in [0.25, 0.3) is 0 Å². The lowest BCUT2D eigenvalue weighted by Gasteiger charge is -2.30. The Balaban J connectivity index is 1.83. The van der Waals surface area contributed by atoms with E-state index in [1.807, 2.05) is 24.3 Å². The molecule has 3 heteroatoms. The fourth-order valence-corrected chi connectivity index (χ4v) is 3.32. The van der Waals surface area contributed by atoms with Gasteiger partial charge in [0.2, 0.25) is 0 Å². The third kappa shape index (κ3) is 2.65. The van der Waals surface area contributed by atoms with Gasteiger partial charge in [0.1, 0.15) is 5.82 Å². The highest BCUT2D eigenvalue weighted by Gasteiger charge is 2.28. The van der Waals surface area contributed by atoms with Crippen LogP contribution in [-0.4, -0.2) is 5.11 Å². The summed E-state index contributed by atoms with van der Waals surface area (Å²) in [4.78, 5) is 0. The number of aryl methyl sites for hydroxylation is 1. The van der Waals surface area contributed by atoms with Crippen LogP contribution in [-0.2, 0) is 12.8 Å². The minimum Gasteiger partial charge on any atom is -0.388 e. The summed E-state index contributed by atoms with van der Waals surface area (Å²) in [5, 5.41) is 10.5. The van der Waals surface area contributed by atoms with Crippen LogP contribution in [0.4, 0.5) is 4.39 Å². The van der Waals surface area contributed by atoms with Gasteiger partial charge in [0.05, 0.1) is 6.10 Å². The van der Waals surface area contributed by atoms with Crippen LogP contribution >= 0.6 is 15.9 Å². The molecule has 0 fully saturated rings. The highest BCUT2D eigenvalue weighted by molar-refractivity contribution is 9.10. The van der Waals surface area contributed by atoms with Crippen LogP contribution in [0.5, 0.6) is 0 Å². The number of hydrogen-bond donors (Lipinski definition) is 1. The van der Waals surface area contributed by atoms with Crippen LogP contribution in [0, 0.1) is 11.7 Å². The van der Waals surface area contributed by atoms with Gasteiger partial charge in [-0.2, -0.15) is 0 Å². The van der Waals surface area contributed by atoms with Gasteiger partial charge in [-0.05, 0) is 54.0 Å². The van der Waals surface area contributed by atoms with Crippen LogP contribution in [0.25, 0.3) is 0 Å². The van der Waals surface area contributed by atoms with E-state index >= 15 is 0 Å². The lowest BCUT2D eigenvalue weighted by molar-refractivity contribution is 0.0932. The summed E-state index contributed by atoms with van der Waals surface area (Å²) in [5.41, 5.74) is 2.89. The molecule has 0 aliphatic heterocycles. The maximum atomic E-state index is 13.9. The molecule has 1 aliphatic rings. The summed E-state index contributed by atoms with van der Waals surface area (Å²) in [5.74, 6) is -0.119. The Morgan fingerprint density at radius 3 is 2.80 bits per heavy atom. The number of hydrogen-bond acceptors (Lipinski definition) is 1. The Labute approximate surface area is 126 Å². The standard InChI is InChI=1S/C17H16BrFO/c18-14-8-7-12(16(19)10-14)9-13-6-5-11-3-1-2-4-15(11)17(13)20/h1-4,7-8,10,13,17,20H,5-6,9H2. The zero-order chi connectivity index (χ0) is 14.1. The van der Waals surface area contributed by atoms with E-state index in [-0.39, 0.29) is 11.7 Å². The first-order valence-electron chi connectivity index (χ1n) is 6.85. The molecule has 0 saturated heterocycles. The fourth-order valence-electron chi connectivity index (χ4n) is 2.99. The SMILES string of the molecule is OC1c2ccccc2CCC1Cc1ccc(Br)cc1F. The number of fused-ring (bicyclic) bond motifs is 1. The first-order chi connectivity index (χ1) is 9.65. The molecular formula is C17H16BrFO. The predicted octanol–water partition coefficient (Wildman–Crippen LogP) is 4.43. The molecule has 1 N–H and O–H groups in total. The Kier molecular flexibility index (Phi) is 3.90. The molecule has 0 amide bonds. The molecule has 0 heterocycles. The van der Waals surface area contributed by atoms with Crippen LogP contribution in [0.15, 0.2) is 46.9 Å². The van der Waals surface area contributed by atoms with Crippen molar-refractivity contribution in [3.63, 3.8) is 0 Å². The zero-order valence-electron chi connectivity index (χ0n) is 11.0. The van der Waals surface area contributed by atoms with Crippen molar-refractivity contribution in [1.29, 1.82) is 0 Å². The van der Waals surface area contributed by atoms with E-state index in [2.05, 4.69) is 22.0 Å². The van der Waals surface area contributed by atoms with Crippen LogP contribution in [0.3, 0.4) is 0 Å². The van der Waals surface area contributed by atoms with Crippen LogP contribution < -0.4 is 0 Å². The molecule has 0 spiro atoms. The molecule has 2 unspecified atom stereocenters. The summed E-state index contributed by atoms with van der Waals surface area (Å²) in [6.07, 6.45) is 1.93. The maximum absolute atomic E-state index is 13.9. The average Bonchev–Trinajstić information content (AvgIpc) is 2.45. The van der Waals surface area contributed by atoms with Gasteiger partial charge in [-0.25, -0.2) is 4.39 Å². The second-order valence-corrected chi connectivity index (χ2v) is 6.30. The second kappa shape index (κ2) is 5.66. The Bertz CT molecular complexity index is 626. The second-order valence-electron chi connectivity index (χ2n) is 5.38. The predicted molar refractivity (Wildman–Crippen MR) is 81.0 cm³/mol. The van der Waals surface area contributed by atoms with E-state index in [0.717, 1.165) is 22.9 Å². The Morgan fingerprint density at radius 1 is 1.20 bits per heavy atom.